The van der Waals surface area contributed by atoms with Crippen LogP contribution in [0.3, 0.4) is 0 Å². The van der Waals surface area contributed by atoms with Gasteiger partial charge >= 0.3 is 0 Å². The van der Waals surface area contributed by atoms with E-state index in [-0.39, 0.29) is 0 Å². The Hall–Kier alpha value is -0.120. The fourth-order valence-corrected chi connectivity index (χ4v) is 2.33. The van der Waals surface area contributed by atoms with Crippen molar-refractivity contribution in [1.29, 1.82) is 0 Å². The van der Waals surface area contributed by atoms with Crippen molar-refractivity contribution in [2.45, 2.75) is 50.3 Å². The highest BCUT2D eigenvalue weighted by Gasteiger charge is 2.28. The molecule has 2 aliphatic heterocycles. The SMILES string of the molecule is NC1CCOC(C2CCCCN2)C1. The van der Waals surface area contributed by atoms with Gasteiger partial charge in [0.25, 0.3) is 0 Å². The molecule has 13 heavy (non-hydrogen) atoms. The van der Waals surface area contributed by atoms with Gasteiger partial charge in [-0.25, -0.2) is 0 Å². The minimum Gasteiger partial charge on any atom is -0.376 e. The maximum atomic E-state index is 5.92. The highest BCUT2D eigenvalue weighted by atomic mass is 16.5. The molecule has 0 amide bonds. The summed E-state index contributed by atoms with van der Waals surface area (Å²) in [5.74, 6) is 0. The van der Waals surface area contributed by atoms with Crippen LogP contribution in [0, 0.1) is 0 Å². The Balaban J connectivity index is 1.83. The number of nitrogens with one attached hydrogen (secondary N) is 1. The van der Waals surface area contributed by atoms with E-state index in [9.17, 15) is 0 Å². The van der Waals surface area contributed by atoms with Crippen LogP contribution in [0.25, 0.3) is 0 Å². The molecule has 3 nitrogen and oxygen atoms in total. The van der Waals surface area contributed by atoms with Crippen molar-refractivity contribution >= 4 is 0 Å². The lowest BCUT2D eigenvalue weighted by Crippen LogP contribution is -2.49. The Morgan fingerprint density at radius 1 is 1.23 bits per heavy atom. The zero-order valence-electron chi connectivity index (χ0n) is 8.17. The largest absolute Gasteiger partial charge is 0.376 e. The number of hydrogen-bond donors (Lipinski definition) is 2. The third kappa shape index (κ3) is 2.42. The standard InChI is InChI=1S/C10H20N2O/c11-8-4-6-13-10(7-8)9-3-1-2-5-12-9/h8-10,12H,1-7,11H2. The molecule has 0 aromatic heterocycles. The molecular weight excluding hydrogens is 164 g/mol. The molecule has 2 aliphatic rings. The zero-order valence-corrected chi connectivity index (χ0v) is 8.17. The van der Waals surface area contributed by atoms with Gasteiger partial charge in [-0.05, 0) is 32.2 Å². The van der Waals surface area contributed by atoms with E-state index in [2.05, 4.69) is 5.32 Å². The van der Waals surface area contributed by atoms with Crippen molar-refractivity contribution in [3.05, 3.63) is 0 Å². The lowest BCUT2D eigenvalue weighted by molar-refractivity contribution is -0.0198. The van der Waals surface area contributed by atoms with Crippen molar-refractivity contribution in [3.8, 4) is 0 Å². The molecule has 2 rings (SSSR count). The second-order valence-electron chi connectivity index (χ2n) is 4.25. The minimum absolute atomic E-state index is 0.363. The first-order valence-corrected chi connectivity index (χ1v) is 5.47. The van der Waals surface area contributed by atoms with Gasteiger partial charge in [0.1, 0.15) is 0 Å². The average Bonchev–Trinajstić information content (AvgIpc) is 2.19. The summed E-state index contributed by atoms with van der Waals surface area (Å²) in [6, 6.07) is 0.933. The number of nitrogens with two attached hydrogens (primary N) is 1. The Labute approximate surface area is 80.0 Å². The van der Waals surface area contributed by atoms with Crippen LogP contribution in [0.15, 0.2) is 0 Å². The van der Waals surface area contributed by atoms with Gasteiger partial charge in [-0.3, -0.25) is 0 Å². The van der Waals surface area contributed by atoms with E-state index >= 15 is 0 Å². The maximum absolute atomic E-state index is 5.92. The second-order valence-corrected chi connectivity index (χ2v) is 4.25. The van der Waals surface area contributed by atoms with Crippen molar-refractivity contribution in [1.82, 2.24) is 5.32 Å². The van der Waals surface area contributed by atoms with E-state index in [1.165, 1.54) is 19.3 Å². The number of hydrogen-bond acceptors (Lipinski definition) is 3. The molecule has 76 valence electrons. The summed E-state index contributed by atoms with van der Waals surface area (Å²) >= 11 is 0. The van der Waals surface area contributed by atoms with Crippen LogP contribution < -0.4 is 11.1 Å². The van der Waals surface area contributed by atoms with Gasteiger partial charge in [-0.15, -0.1) is 0 Å². The smallest absolute Gasteiger partial charge is 0.0742 e. The van der Waals surface area contributed by atoms with E-state index < -0.39 is 0 Å². The normalized spacial score (nSPS) is 41.8. The first kappa shape index (κ1) is 9.44. The second kappa shape index (κ2) is 4.40. The van der Waals surface area contributed by atoms with E-state index in [4.69, 9.17) is 10.5 Å². The molecule has 0 radical (unpaired) electrons. The van der Waals surface area contributed by atoms with E-state index in [1.54, 1.807) is 0 Å². The molecule has 3 unspecified atom stereocenters. The number of rotatable bonds is 1. The molecule has 0 saturated carbocycles. The molecule has 3 atom stereocenters. The first-order valence-electron chi connectivity index (χ1n) is 5.47. The highest BCUT2D eigenvalue weighted by molar-refractivity contribution is 4.85. The van der Waals surface area contributed by atoms with Crippen molar-refractivity contribution in [3.63, 3.8) is 0 Å². The summed E-state index contributed by atoms with van der Waals surface area (Å²) in [4.78, 5) is 0. The van der Waals surface area contributed by atoms with Crippen molar-refractivity contribution in [2.75, 3.05) is 13.2 Å². The maximum Gasteiger partial charge on any atom is 0.0742 e. The Bertz CT molecular complexity index is 157. The van der Waals surface area contributed by atoms with E-state index in [0.717, 1.165) is 26.0 Å². The summed E-state index contributed by atoms with van der Waals surface area (Å²) in [7, 11) is 0. The molecule has 0 bridgehead atoms. The Morgan fingerprint density at radius 3 is 2.85 bits per heavy atom. The van der Waals surface area contributed by atoms with Crippen molar-refractivity contribution < 1.29 is 4.74 Å². The van der Waals surface area contributed by atoms with Crippen LogP contribution in [0.1, 0.15) is 32.1 Å². The quantitative estimate of drug-likeness (QED) is 0.628. The zero-order chi connectivity index (χ0) is 9.10. The van der Waals surface area contributed by atoms with Crippen LogP contribution in [0.4, 0.5) is 0 Å². The first-order chi connectivity index (χ1) is 6.36. The van der Waals surface area contributed by atoms with Gasteiger partial charge in [0.2, 0.25) is 0 Å². The van der Waals surface area contributed by atoms with Gasteiger partial charge in [0, 0.05) is 18.7 Å². The number of ether oxygens (including phenoxy) is 1. The van der Waals surface area contributed by atoms with Gasteiger partial charge < -0.3 is 15.8 Å². The Morgan fingerprint density at radius 2 is 2.15 bits per heavy atom. The predicted molar refractivity (Wildman–Crippen MR) is 52.6 cm³/mol. The minimum atomic E-state index is 0.363. The third-order valence-corrected chi connectivity index (χ3v) is 3.15. The average molecular weight is 184 g/mol. The summed E-state index contributed by atoms with van der Waals surface area (Å²) in [5, 5.41) is 3.53. The van der Waals surface area contributed by atoms with Crippen LogP contribution >= 0.6 is 0 Å². The lowest BCUT2D eigenvalue weighted by Gasteiger charge is -2.35. The molecule has 3 heteroatoms. The summed E-state index contributed by atoms with van der Waals surface area (Å²) < 4.78 is 5.75. The summed E-state index contributed by atoms with van der Waals surface area (Å²) in [6.07, 6.45) is 6.37. The Kier molecular flexibility index (Phi) is 3.19. The molecule has 0 aliphatic carbocycles. The fourth-order valence-electron chi connectivity index (χ4n) is 2.33. The van der Waals surface area contributed by atoms with Crippen LogP contribution in [0.2, 0.25) is 0 Å². The molecule has 3 N–H and O–H groups in total. The summed E-state index contributed by atoms with van der Waals surface area (Å²) in [5.41, 5.74) is 5.92. The van der Waals surface area contributed by atoms with Crippen LogP contribution in [-0.4, -0.2) is 31.3 Å². The molecule has 2 saturated heterocycles. The molecule has 2 heterocycles. The van der Waals surface area contributed by atoms with E-state index in [1.807, 2.05) is 0 Å². The van der Waals surface area contributed by atoms with Gasteiger partial charge in [0.15, 0.2) is 0 Å². The molecular formula is C10H20N2O. The highest BCUT2D eigenvalue weighted by Crippen LogP contribution is 2.20. The van der Waals surface area contributed by atoms with E-state index in [0.29, 0.717) is 18.2 Å². The molecule has 0 aromatic rings. The fraction of sp³-hybridized carbons (Fsp3) is 1.00. The predicted octanol–water partition coefficient (Wildman–Crippen LogP) is 0.635. The molecule has 0 aromatic carbocycles. The summed E-state index contributed by atoms with van der Waals surface area (Å²) in [6.45, 7) is 2.00. The van der Waals surface area contributed by atoms with Crippen LogP contribution in [-0.2, 0) is 4.74 Å². The van der Waals surface area contributed by atoms with Gasteiger partial charge in [-0.2, -0.15) is 0 Å². The number of piperidine rings is 1. The molecule has 2 fully saturated rings. The monoisotopic (exact) mass is 184 g/mol. The van der Waals surface area contributed by atoms with Crippen molar-refractivity contribution in [2.24, 2.45) is 5.73 Å². The van der Waals surface area contributed by atoms with Gasteiger partial charge in [0.05, 0.1) is 6.10 Å². The van der Waals surface area contributed by atoms with Gasteiger partial charge in [-0.1, -0.05) is 6.42 Å². The van der Waals surface area contributed by atoms with Crippen LogP contribution in [0.5, 0.6) is 0 Å². The lowest BCUT2D eigenvalue weighted by atomic mass is 9.93. The third-order valence-electron chi connectivity index (χ3n) is 3.15. The molecule has 0 spiro atoms. The topological polar surface area (TPSA) is 47.3 Å².